The molecule has 0 saturated carbocycles. The van der Waals surface area contributed by atoms with Crippen molar-refractivity contribution >= 4 is 17.9 Å². The molecule has 2 N–H and O–H groups in total. The summed E-state index contributed by atoms with van der Waals surface area (Å²) in [5.74, 6) is -0.936. The molecule has 7 nitrogen and oxygen atoms in total. The third-order valence-electron chi connectivity index (χ3n) is 4.50. The fraction of sp³-hybridized carbons (Fsp3) is 0.542. The van der Waals surface area contributed by atoms with Gasteiger partial charge < -0.3 is 15.4 Å². The van der Waals surface area contributed by atoms with Crippen molar-refractivity contribution in [3.63, 3.8) is 0 Å². The smallest absolute Gasteiger partial charge is 0.408 e. The van der Waals surface area contributed by atoms with E-state index in [-0.39, 0.29) is 12.5 Å². The lowest BCUT2D eigenvalue weighted by atomic mass is 9.97. The number of terminal acetylenes is 1. The fourth-order valence-corrected chi connectivity index (χ4v) is 3.05. The van der Waals surface area contributed by atoms with Gasteiger partial charge in [0.05, 0.1) is 0 Å². The topological polar surface area (TPSA) is 87.7 Å². The Kier molecular flexibility index (Phi) is 10.1. The summed E-state index contributed by atoms with van der Waals surface area (Å²) in [6.45, 7) is 11.2. The highest BCUT2D eigenvalue weighted by molar-refractivity contribution is 5.91. The summed E-state index contributed by atoms with van der Waals surface area (Å²) in [5, 5.41) is 5.29. The summed E-state index contributed by atoms with van der Waals surface area (Å²) >= 11 is 0. The van der Waals surface area contributed by atoms with Crippen LogP contribution in [0.25, 0.3) is 0 Å². The first-order valence-corrected chi connectivity index (χ1v) is 10.6. The molecule has 31 heavy (non-hydrogen) atoms. The Hall–Kier alpha value is -3.01. The maximum absolute atomic E-state index is 13.1. The van der Waals surface area contributed by atoms with Crippen molar-refractivity contribution in [3.8, 4) is 12.5 Å². The van der Waals surface area contributed by atoms with Gasteiger partial charge in [-0.3, -0.25) is 14.5 Å². The molecule has 7 heteroatoms. The minimum atomic E-state index is -1.000. The largest absolute Gasteiger partial charge is 0.444 e. The van der Waals surface area contributed by atoms with Gasteiger partial charge in [0.2, 0.25) is 5.91 Å². The number of alkyl carbamates (subject to hydrolysis) is 1. The fourth-order valence-electron chi connectivity index (χ4n) is 3.05. The second kappa shape index (κ2) is 12.0. The molecule has 1 atom stereocenters. The zero-order chi connectivity index (χ0) is 23.6. The van der Waals surface area contributed by atoms with Gasteiger partial charge >= 0.3 is 6.09 Å². The molecule has 0 radical (unpaired) electrons. The second-order valence-corrected chi connectivity index (χ2v) is 8.51. The van der Waals surface area contributed by atoms with Crippen LogP contribution in [-0.4, -0.2) is 41.5 Å². The molecule has 3 amide bonds. The Balaban J connectivity index is 3.07. The van der Waals surface area contributed by atoms with Crippen molar-refractivity contribution in [2.24, 2.45) is 0 Å². The van der Waals surface area contributed by atoms with Crippen LogP contribution in [-0.2, 0) is 14.3 Å². The number of aryl methyl sites for hydroxylation is 2. The number of nitrogens with zero attached hydrogens (tertiary/aromatic N) is 1. The summed E-state index contributed by atoms with van der Waals surface area (Å²) in [4.78, 5) is 38.9. The Labute approximate surface area is 185 Å². The van der Waals surface area contributed by atoms with Crippen LogP contribution in [0.3, 0.4) is 0 Å². The molecule has 1 aromatic rings. The molecule has 170 valence electrons. The maximum Gasteiger partial charge on any atom is 0.408 e. The average Bonchev–Trinajstić information content (AvgIpc) is 2.67. The number of benzene rings is 1. The maximum atomic E-state index is 13.1. The van der Waals surface area contributed by atoms with Crippen LogP contribution in [0.5, 0.6) is 0 Å². The van der Waals surface area contributed by atoms with Gasteiger partial charge in [0, 0.05) is 12.6 Å². The monoisotopic (exact) mass is 429 g/mol. The van der Waals surface area contributed by atoms with Crippen LogP contribution in [0.4, 0.5) is 4.79 Å². The summed E-state index contributed by atoms with van der Waals surface area (Å²) in [5.41, 5.74) is 1.83. The van der Waals surface area contributed by atoms with E-state index in [1.165, 1.54) is 0 Å². The number of carbonyl (C=O) groups excluding carboxylic acids is 3. The van der Waals surface area contributed by atoms with E-state index in [1.54, 1.807) is 26.8 Å². The molecule has 0 aliphatic carbocycles. The quantitative estimate of drug-likeness (QED) is 0.357. The molecule has 0 fully saturated rings. The van der Waals surface area contributed by atoms with E-state index in [1.807, 2.05) is 26.0 Å². The van der Waals surface area contributed by atoms with E-state index in [2.05, 4.69) is 23.6 Å². The Morgan fingerprint density at radius 3 is 2.39 bits per heavy atom. The number of amides is 3. The van der Waals surface area contributed by atoms with Gasteiger partial charge in [-0.25, -0.2) is 4.79 Å². The number of hydrogen-bond acceptors (Lipinski definition) is 4. The number of ether oxygens (including phenoxy) is 1. The molecule has 0 saturated heterocycles. The molecule has 0 aromatic heterocycles. The number of nitrogens with one attached hydrogen (secondary N) is 2. The molecule has 0 heterocycles. The predicted octanol–water partition coefficient (Wildman–Crippen LogP) is 3.59. The third-order valence-corrected chi connectivity index (χ3v) is 4.50. The van der Waals surface area contributed by atoms with Gasteiger partial charge in [-0.2, -0.15) is 0 Å². The van der Waals surface area contributed by atoms with Crippen LogP contribution >= 0.6 is 0 Å². The summed E-state index contributed by atoms with van der Waals surface area (Å²) in [7, 11) is 0. The van der Waals surface area contributed by atoms with Gasteiger partial charge in [0.1, 0.15) is 18.2 Å². The zero-order valence-corrected chi connectivity index (χ0v) is 19.5. The van der Waals surface area contributed by atoms with Gasteiger partial charge in [-0.15, -0.1) is 0 Å². The average molecular weight is 430 g/mol. The Morgan fingerprint density at radius 2 is 1.84 bits per heavy atom. The number of rotatable bonds is 9. The minimum absolute atomic E-state index is 0.355. The number of unbranched alkanes of at least 4 members (excludes halogenated alkanes) is 2. The van der Waals surface area contributed by atoms with Crippen LogP contribution < -0.4 is 10.6 Å². The first-order chi connectivity index (χ1) is 14.5. The highest BCUT2D eigenvalue weighted by atomic mass is 16.6. The SMILES string of the molecule is C#CN(C(=O)CNC(=O)OC(C)(C)C)C(C(=O)NCCCCC)c1ccc(C)cc1C. The van der Waals surface area contributed by atoms with Crippen LogP contribution in [0.15, 0.2) is 18.2 Å². The normalized spacial score (nSPS) is 11.8. The van der Waals surface area contributed by atoms with Crippen LogP contribution in [0.2, 0.25) is 0 Å². The lowest BCUT2D eigenvalue weighted by molar-refractivity contribution is -0.136. The molecule has 0 aliphatic heterocycles. The Morgan fingerprint density at radius 1 is 1.16 bits per heavy atom. The highest BCUT2D eigenvalue weighted by Gasteiger charge is 2.32. The number of hydrogen-bond donors (Lipinski definition) is 2. The van der Waals surface area contributed by atoms with Crippen molar-refractivity contribution in [2.45, 2.75) is 72.4 Å². The van der Waals surface area contributed by atoms with Crippen LogP contribution in [0.1, 0.15) is 69.7 Å². The van der Waals surface area contributed by atoms with Gasteiger partial charge in [0.15, 0.2) is 0 Å². The zero-order valence-electron chi connectivity index (χ0n) is 19.5. The molecule has 1 rings (SSSR count). The Bertz CT molecular complexity index is 821. The summed E-state index contributed by atoms with van der Waals surface area (Å²) in [6.07, 6.45) is 7.77. The van der Waals surface area contributed by atoms with E-state index in [0.29, 0.717) is 12.1 Å². The second-order valence-electron chi connectivity index (χ2n) is 8.51. The van der Waals surface area contributed by atoms with E-state index >= 15 is 0 Å². The molecule has 0 aliphatic rings. The van der Waals surface area contributed by atoms with E-state index < -0.39 is 23.6 Å². The van der Waals surface area contributed by atoms with Gasteiger partial charge in [0.25, 0.3) is 5.91 Å². The molecular weight excluding hydrogens is 394 g/mol. The summed E-state index contributed by atoms with van der Waals surface area (Å²) in [6, 6.07) is 6.94. The molecule has 0 bridgehead atoms. The van der Waals surface area contributed by atoms with Crippen molar-refractivity contribution in [1.29, 1.82) is 0 Å². The van der Waals surface area contributed by atoms with E-state index in [4.69, 9.17) is 11.2 Å². The highest BCUT2D eigenvalue weighted by Crippen LogP contribution is 2.25. The van der Waals surface area contributed by atoms with Gasteiger partial charge in [-0.1, -0.05) is 50.0 Å². The first-order valence-electron chi connectivity index (χ1n) is 10.6. The molecule has 1 unspecified atom stereocenters. The standard InChI is InChI=1S/C24H35N3O4/c1-8-10-11-14-25-22(29)21(19-13-12-17(3)15-18(19)4)27(9-2)20(28)16-26-23(30)31-24(5,6)7/h2,12-13,15,21H,8,10-11,14,16H2,1,3-7H3,(H,25,29)(H,26,30). The van der Waals surface area contributed by atoms with Crippen molar-refractivity contribution < 1.29 is 19.1 Å². The van der Waals surface area contributed by atoms with Crippen molar-refractivity contribution in [2.75, 3.05) is 13.1 Å². The third kappa shape index (κ3) is 8.71. The molecule has 1 aromatic carbocycles. The lowest BCUT2D eigenvalue weighted by Crippen LogP contribution is -2.46. The minimum Gasteiger partial charge on any atom is -0.444 e. The molecular formula is C24H35N3O4. The van der Waals surface area contributed by atoms with Crippen molar-refractivity contribution in [3.05, 3.63) is 34.9 Å². The summed E-state index contributed by atoms with van der Waals surface area (Å²) < 4.78 is 5.15. The van der Waals surface area contributed by atoms with Gasteiger partial charge in [-0.05, 0) is 52.2 Å². The van der Waals surface area contributed by atoms with E-state index in [9.17, 15) is 14.4 Å². The number of carbonyl (C=O) groups is 3. The molecule has 0 spiro atoms. The van der Waals surface area contributed by atoms with Crippen molar-refractivity contribution in [1.82, 2.24) is 15.5 Å². The lowest BCUT2D eigenvalue weighted by Gasteiger charge is -2.28. The first kappa shape index (κ1) is 26.0. The van der Waals surface area contributed by atoms with E-state index in [0.717, 1.165) is 35.3 Å². The predicted molar refractivity (Wildman–Crippen MR) is 121 cm³/mol. The van der Waals surface area contributed by atoms with Crippen LogP contribution in [0, 0.1) is 26.3 Å².